The molecule has 2 N–H and O–H groups in total. The van der Waals surface area contributed by atoms with Gasteiger partial charge in [-0.05, 0) is 24.3 Å². The Kier molecular flexibility index (Phi) is 7.27. The third-order valence-electron chi connectivity index (χ3n) is 5.11. The Morgan fingerprint density at radius 3 is 2.71 bits per heavy atom. The number of benzene rings is 2. The predicted octanol–water partition coefficient (Wildman–Crippen LogP) is 4.63. The molecule has 0 unspecified atom stereocenters. The molecule has 0 aliphatic carbocycles. The molecule has 12 heteroatoms. The Hall–Kier alpha value is -2.86. The van der Waals surface area contributed by atoms with Crippen molar-refractivity contribution in [2.45, 2.75) is 24.0 Å². The van der Waals surface area contributed by atoms with Crippen molar-refractivity contribution >= 4 is 55.9 Å². The molecule has 34 heavy (non-hydrogen) atoms. The van der Waals surface area contributed by atoms with Gasteiger partial charge < -0.3 is 14.7 Å². The first-order chi connectivity index (χ1) is 16.3. The summed E-state index contributed by atoms with van der Waals surface area (Å²) in [6.45, 7) is 4.20. The average molecular weight is 520 g/mol. The molecular weight excluding hydrogens is 498 g/mol. The van der Waals surface area contributed by atoms with E-state index in [1.165, 1.54) is 22.5 Å². The van der Waals surface area contributed by atoms with Gasteiger partial charge in [0.1, 0.15) is 0 Å². The van der Waals surface area contributed by atoms with E-state index < -0.39 is 15.9 Å². The normalized spacial score (nSPS) is 11.9. The van der Waals surface area contributed by atoms with Crippen LogP contribution in [0.25, 0.3) is 22.4 Å². The molecular formula is C22H22ClN5O4S2. The van der Waals surface area contributed by atoms with E-state index in [1.54, 1.807) is 20.0 Å². The van der Waals surface area contributed by atoms with Crippen molar-refractivity contribution in [1.82, 2.24) is 19.5 Å². The molecule has 0 radical (unpaired) electrons. The summed E-state index contributed by atoms with van der Waals surface area (Å²) in [6.07, 6.45) is 1.79. The summed E-state index contributed by atoms with van der Waals surface area (Å²) in [5.74, 6) is -0.0763. The first kappa shape index (κ1) is 24.3. The van der Waals surface area contributed by atoms with Gasteiger partial charge in [0.2, 0.25) is 15.9 Å². The van der Waals surface area contributed by atoms with Crippen LogP contribution in [0.1, 0.15) is 13.8 Å². The zero-order valence-corrected chi connectivity index (χ0v) is 20.8. The number of hydrogen-bond acceptors (Lipinski definition) is 7. The minimum Gasteiger partial charge on any atom is -0.411 e. The van der Waals surface area contributed by atoms with Crippen molar-refractivity contribution in [1.29, 1.82) is 0 Å². The van der Waals surface area contributed by atoms with Gasteiger partial charge in [-0.15, -0.1) is 10.2 Å². The van der Waals surface area contributed by atoms with Gasteiger partial charge >= 0.3 is 0 Å². The molecule has 4 aromatic rings. The summed E-state index contributed by atoms with van der Waals surface area (Å²) in [7, 11) is -3.68. The van der Waals surface area contributed by atoms with Crippen LogP contribution in [0, 0.1) is 0 Å². The Balaban J connectivity index is 1.43. The van der Waals surface area contributed by atoms with E-state index in [0.29, 0.717) is 19.0 Å². The predicted molar refractivity (Wildman–Crippen MR) is 133 cm³/mol. The molecule has 0 bridgehead atoms. The van der Waals surface area contributed by atoms with Gasteiger partial charge in [-0.3, -0.25) is 4.79 Å². The monoisotopic (exact) mass is 519 g/mol. The SMILES string of the molecule is CCN(CC)S(=O)(=O)c1ccc(Cl)c(NC(=O)CSc2nnc(-c3c[nH]c4ccccc34)o2)c1. The van der Waals surface area contributed by atoms with Gasteiger partial charge in [0.25, 0.3) is 11.1 Å². The van der Waals surface area contributed by atoms with Gasteiger partial charge in [-0.1, -0.05) is 55.4 Å². The maximum atomic E-state index is 12.8. The van der Waals surface area contributed by atoms with E-state index in [4.69, 9.17) is 16.0 Å². The van der Waals surface area contributed by atoms with Gasteiger partial charge in [-0.25, -0.2) is 8.42 Å². The van der Waals surface area contributed by atoms with Crippen molar-refractivity contribution in [2.24, 2.45) is 0 Å². The number of para-hydroxylation sites is 1. The number of fused-ring (bicyclic) bond motifs is 1. The number of nitrogens with zero attached hydrogens (tertiary/aromatic N) is 3. The fraction of sp³-hybridized carbons (Fsp3) is 0.227. The minimum absolute atomic E-state index is 0.0289. The third-order valence-corrected chi connectivity index (χ3v) is 8.30. The van der Waals surface area contributed by atoms with E-state index in [-0.39, 0.29) is 26.6 Å². The molecule has 2 aromatic carbocycles. The topological polar surface area (TPSA) is 121 Å². The van der Waals surface area contributed by atoms with Crippen molar-refractivity contribution in [3.8, 4) is 11.5 Å². The van der Waals surface area contributed by atoms with E-state index in [0.717, 1.165) is 28.2 Å². The lowest BCUT2D eigenvalue weighted by atomic mass is 10.2. The van der Waals surface area contributed by atoms with Crippen LogP contribution in [0.3, 0.4) is 0 Å². The summed E-state index contributed by atoms with van der Waals surface area (Å²) in [5, 5.41) is 12.2. The second-order valence-corrected chi connectivity index (χ2v) is 10.5. The molecule has 0 atom stereocenters. The number of nitrogens with one attached hydrogen (secondary N) is 2. The molecule has 0 spiro atoms. The molecule has 0 aliphatic rings. The Labute approximate surface area is 205 Å². The van der Waals surface area contributed by atoms with Crippen molar-refractivity contribution in [2.75, 3.05) is 24.2 Å². The van der Waals surface area contributed by atoms with Gasteiger partial charge in [0.05, 0.1) is 26.9 Å². The van der Waals surface area contributed by atoms with Gasteiger partial charge in [0.15, 0.2) is 0 Å². The number of carbonyl (C=O) groups is 1. The van der Waals surface area contributed by atoms with E-state index in [9.17, 15) is 13.2 Å². The number of hydrogen-bond donors (Lipinski definition) is 2. The maximum Gasteiger partial charge on any atom is 0.277 e. The molecule has 2 heterocycles. The fourth-order valence-electron chi connectivity index (χ4n) is 3.41. The molecule has 9 nitrogen and oxygen atoms in total. The lowest BCUT2D eigenvalue weighted by Gasteiger charge is -2.19. The number of amides is 1. The number of aromatic nitrogens is 3. The fourth-order valence-corrected chi connectivity index (χ4v) is 5.62. The standard InChI is InChI=1S/C22H22ClN5O4S2/c1-3-28(4-2)34(30,31)14-9-10-17(23)19(11-14)25-20(29)13-33-22-27-26-21(32-22)16-12-24-18-8-6-5-7-15(16)18/h5-12,24H,3-4,13H2,1-2H3,(H,25,29). The van der Waals surface area contributed by atoms with E-state index >= 15 is 0 Å². The number of carbonyl (C=O) groups excluding carboxylic acids is 1. The van der Waals surface area contributed by atoms with E-state index in [2.05, 4.69) is 20.5 Å². The van der Waals surface area contributed by atoms with Crippen LogP contribution in [0.4, 0.5) is 5.69 Å². The maximum absolute atomic E-state index is 12.8. The smallest absolute Gasteiger partial charge is 0.277 e. The highest BCUT2D eigenvalue weighted by molar-refractivity contribution is 7.99. The molecule has 4 rings (SSSR count). The highest BCUT2D eigenvalue weighted by Gasteiger charge is 2.23. The van der Waals surface area contributed by atoms with Crippen molar-refractivity contribution < 1.29 is 17.6 Å². The summed E-state index contributed by atoms with van der Waals surface area (Å²) < 4.78 is 32.6. The molecule has 0 aliphatic heterocycles. The minimum atomic E-state index is -3.68. The summed E-state index contributed by atoms with van der Waals surface area (Å²) in [4.78, 5) is 15.7. The number of sulfonamides is 1. The second-order valence-electron chi connectivity index (χ2n) is 7.19. The summed E-state index contributed by atoms with van der Waals surface area (Å²) in [6, 6.07) is 12.0. The molecule has 2 aromatic heterocycles. The molecule has 0 fully saturated rings. The lowest BCUT2D eigenvalue weighted by molar-refractivity contribution is -0.113. The lowest BCUT2D eigenvalue weighted by Crippen LogP contribution is -2.30. The van der Waals surface area contributed by atoms with Crippen LogP contribution < -0.4 is 5.32 Å². The Bertz CT molecular complexity index is 1430. The molecule has 178 valence electrons. The highest BCUT2D eigenvalue weighted by Crippen LogP contribution is 2.30. The number of rotatable bonds is 9. The molecule has 1 amide bonds. The van der Waals surface area contributed by atoms with Crippen molar-refractivity contribution in [3.63, 3.8) is 0 Å². The van der Waals surface area contributed by atoms with Crippen molar-refractivity contribution in [3.05, 3.63) is 53.7 Å². The molecule has 0 saturated carbocycles. The number of anilines is 1. The highest BCUT2D eigenvalue weighted by atomic mass is 35.5. The van der Waals surface area contributed by atoms with Gasteiger partial charge in [-0.2, -0.15) is 4.31 Å². The van der Waals surface area contributed by atoms with Crippen LogP contribution in [-0.4, -0.2) is 52.7 Å². The van der Waals surface area contributed by atoms with Crippen LogP contribution in [0.2, 0.25) is 5.02 Å². The first-order valence-corrected chi connectivity index (χ1v) is 13.3. The average Bonchev–Trinajstić information content (AvgIpc) is 3.46. The summed E-state index contributed by atoms with van der Waals surface area (Å²) >= 11 is 7.26. The quantitative estimate of drug-likeness (QED) is 0.309. The Morgan fingerprint density at radius 2 is 1.94 bits per heavy atom. The third kappa shape index (κ3) is 4.97. The van der Waals surface area contributed by atoms with Crippen LogP contribution in [-0.2, 0) is 14.8 Å². The van der Waals surface area contributed by atoms with Crippen LogP contribution in [0.15, 0.2) is 63.2 Å². The largest absolute Gasteiger partial charge is 0.411 e. The second kappa shape index (κ2) is 10.2. The number of thioether (sulfide) groups is 1. The van der Waals surface area contributed by atoms with Gasteiger partial charge in [0, 0.05) is 30.2 Å². The summed E-state index contributed by atoms with van der Waals surface area (Å²) in [5.41, 5.74) is 1.94. The molecule has 0 saturated heterocycles. The zero-order chi connectivity index (χ0) is 24.3. The zero-order valence-electron chi connectivity index (χ0n) is 18.4. The van der Waals surface area contributed by atoms with Crippen LogP contribution >= 0.6 is 23.4 Å². The Morgan fingerprint density at radius 1 is 1.18 bits per heavy atom. The van der Waals surface area contributed by atoms with Crippen LogP contribution in [0.5, 0.6) is 0 Å². The number of aromatic amines is 1. The number of halogens is 1. The van der Waals surface area contributed by atoms with E-state index in [1.807, 2.05) is 24.3 Å². The first-order valence-electron chi connectivity index (χ1n) is 10.5. The number of H-pyrrole nitrogens is 1.